The van der Waals surface area contributed by atoms with E-state index >= 15 is 0 Å². The van der Waals surface area contributed by atoms with Gasteiger partial charge in [-0.15, -0.1) is 5.01 Å². The molecular weight excluding hydrogens is 649 g/mol. The van der Waals surface area contributed by atoms with Crippen LogP contribution in [-0.4, -0.2) is 66.2 Å². The standard InChI is InChI=1S/C29H33F3N6O8S/c1-18(2)27(39)45-20(4)46-35-38(41)36-14-13-21(16-36)17-44-28(40)34-47(42,43)24-11-9-23(10-12-24)37-25(15-26(33-37)29(30,31)32)22-7-5-19(3)6-8-22/h5-12,15,18,20-21H,13-14,16-17H2,1-4H3,(H,34,40)/b38-35+. The molecule has 1 aliphatic heterocycles. The fourth-order valence-electron chi connectivity index (χ4n) is 4.39. The molecule has 1 saturated heterocycles. The monoisotopic (exact) mass is 682 g/mol. The van der Waals surface area contributed by atoms with Crippen LogP contribution in [0, 0.1) is 24.0 Å². The Bertz CT molecular complexity index is 1710. The molecule has 2 unspecified atom stereocenters. The molecule has 14 nitrogen and oxygen atoms in total. The third kappa shape index (κ3) is 9.11. The highest BCUT2D eigenvalue weighted by atomic mass is 32.2. The molecule has 4 rings (SSSR count). The van der Waals surface area contributed by atoms with Gasteiger partial charge in [0.25, 0.3) is 16.3 Å². The number of halogens is 3. The highest BCUT2D eigenvalue weighted by Crippen LogP contribution is 2.33. The molecule has 1 amide bonds. The van der Waals surface area contributed by atoms with Crippen LogP contribution in [0.3, 0.4) is 0 Å². The highest BCUT2D eigenvalue weighted by molar-refractivity contribution is 7.90. The Kier molecular flexibility index (Phi) is 10.6. The summed E-state index contributed by atoms with van der Waals surface area (Å²) in [5.41, 5.74) is 0.548. The van der Waals surface area contributed by atoms with Crippen molar-refractivity contribution in [3.8, 4) is 16.9 Å². The molecule has 1 aliphatic rings. The zero-order valence-corrected chi connectivity index (χ0v) is 26.6. The average Bonchev–Trinajstić information content (AvgIpc) is 3.67. The number of ether oxygens (including phenoxy) is 2. The second-order valence-corrected chi connectivity index (χ2v) is 12.7. The van der Waals surface area contributed by atoms with E-state index in [2.05, 4.69) is 10.4 Å². The fraction of sp³-hybridized carbons (Fsp3) is 0.414. The fourth-order valence-corrected chi connectivity index (χ4v) is 5.28. The summed E-state index contributed by atoms with van der Waals surface area (Å²) in [5, 5.41) is 20.5. The summed E-state index contributed by atoms with van der Waals surface area (Å²) in [5.74, 6) is -1.24. The SMILES string of the molecule is Cc1ccc(-c2cc(C(F)(F)F)nn2-c2ccc(S(=O)(=O)NC(=O)OCC3CCN(/[N+]([O-])=N\OC(C)OC(=O)C(C)C)C3)cc2)cc1. The first-order valence-electron chi connectivity index (χ1n) is 14.4. The van der Waals surface area contributed by atoms with Crippen molar-refractivity contribution in [1.82, 2.24) is 19.5 Å². The van der Waals surface area contributed by atoms with Crippen LogP contribution in [0.4, 0.5) is 18.0 Å². The maximum absolute atomic E-state index is 13.5. The van der Waals surface area contributed by atoms with Crippen molar-refractivity contribution >= 4 is 22.1 Å². The summed E-state index contributed by atoms with van der Waals surface area (Å²) >= 11 is 0. The molecule has 0 saturated carbocycles. The molecule has 0 spiro atoms. The number of hydrogen-bond donors (Lipinski definition) is 1. The third-order valence-electron chi connectivity index (χ3n) is 6.93. The van der Waals surface area contributed by atoms with Gasteiger partial charge in [-0.25, -0.2) is 22.6 Å². The highest BCUT2D eigenvalue weighted by Gasteiger charge is 2.35. The Morgan fingerprint density at radius 3 is 2.40 bits per heavy atom. The first-order chi connectivity index (χ1) is 22.0. The summed E-state index contributed by atoms with van der Waals surface area (Å²) in [6.45, 7) is 6.65. The number of hydrogen-bond acceptors (Lipinski definition) is 10. The lowest BCUT2D eigenvalue weighted by molar-refractivity contribution is -0.710. The first kappa shape index (κ1) is 35.0. The lowest BCUT2D eigenvalue weighted by atomic mass is 10.1. The van der Waals surface area contributed by atoms with Crippen molar-refractivity contribution in [2.75, 3.05) is 19.7 Å². The number of amides is 1. The molecule has 1 N–H and O–H groups in total. The van der Waals surface area contributed by atoms with Gasteiger partial charge in [-0.2, -0.15) is 18.3 Å². The molecule has 1 fully saturated rings. The average molecular weight is 683 g/mol. The summed E-state index contributed by atoms with van der Waals surface area (Å²) in [6.07, 6.45) is -6.64. The molecule has 2 heterocycles. The van der Waals surface area contributed by atoms with Crippen LogP contribution in [0.2, 0.25) is 0 Å². The predicted molar refractivity (Wildman–Crippen MR) is 158 cm³/mol. The van der Waals surface area contributed by atoms with E-state index in [4.69, 9.17) is 14.3 Å². The van der Waals surface area contributed by atoms with E-state index in [-0.39, 0.29) is 52.8 Å². The number of aromatic nitrogens is 2. The molecule has 2 atom stereocenters. The largest absolute Gasteiger partial charge is 0.569 e. The Labute approximate surface area is 268 Å². The Morgan fingerprint density at radius 1 is 1.13 bits per heavy atom. The third-order valence-corrected chi connectivity index (χ3v) is 8.26. The number of benzene rings is 2. The van der Waals surface area contributed by atoms with Crippen molar-refractivity contribution in [3.63, 3.8) is 0 Å². The van der Waals surface area contributed by atoms with E-state index in [9.17, 15) is 36.4 Å². The van der Waals surface area contributed by atoms with Gasteiger partial charge < -0.3 is 14.7 Å². The number of nitrogens with one attached hydrogen (secondary N) is 1. The molecule has 0 radical (unpaired) electrons. The normalized spacial score (nSPS) is 16.2. The summed E-state index contributed by atoms with van der Waals surface area (Å²) < 4.78 is 79.0. The Morgan fingerprint density at radius 2 is 1.79 bits per heavy atom. The number of hydrazine groups is 1. The molecule has 1 aromatic heterocycles. The van der Waals surface area contributed by atoms with E-state index in [1.165, 1.54) is 24.1 Å². The number of esters is 1. The van der Waals surface area contributed by atoms with Crippen molar-refractivity contribution in [1.29, 1.82) is 0 Å². The smallest absolute Gasteiger partial charge is 0.435 e. The van der Waals surface area contributed by atoms with Crippen LogP contribution in [-0.2, 0) is 35.3 Å². The van der Waals surface area contributed by atoms with Gasteiger partial charge in [-0.3, -0.25) is 9.63 Å². The van der Waals surface area contributed by atoms with Crippen LogP contribution < -0.4 is 4.72 Å². The second kappa shape index (κ2) is 14.3. The van der Waals surface area contributed by atoms with Gasteiger partial charge in [0.05, 0.1) is 46.9 Å². The molecular formula is C29H33F3N6O8S. The Balaban J connectivity index is 1.34. The number of carbonyl (C=O) groups is 2. The number of aryl methyl sites for hydroxylation is 1. The lowest BCUT2D eigenvalue weighted by Crippen LogP contribution is -2.33. The quantitative estimate of drug-likeness (QED) is 0.0960. The van der Waals surface area contributed by atoms with Crippen LogP contribution in [0.15, 0.2) is 64.8 Å². The topological polar surface area (TPSA) is 167 Å². The van der Waals surface area contributed by atoms with Crippen LogP contribution in [0.1, 0.15) is 38.4 Å². The van der Waals surface area contributed by atoms with Gasteiger partial charge >= 0.3 is 18.2 Å². The van der Waals surface area contributed by atoms with E-state index in [1.807, 2.05) is 6.92 Å². The minimum absolute atomic E-state index is 0.117. The number of sulfonamides is 1. The van der Waals surface area contributed by atoms with Crippen molar-refractivity contribution in [2.24, 2.45) is 17.1 Å². The minimum Gasteiger partial charge on any atom is -0.569 e. The molecule has 3 aromatic rings. The van der Waals surface area contributed by atoms with E-state index in [1.54, 1.807) is 42.8 Å². The van der Waals surface area contributed by atoms with Crippen LogP contribution in [0.25, 0.3) is 16.9 Å². The maximum atomic E-state index is 13.5. The zero-order valence-electron chi connectivity index (χ0n) is 25.8. The lowest BCUT2D eigenvalue weighted by Gasteiger charge is -2.15. The predicted octanol–water partition coefficient (Wildman–Crippen LogP) is 4.96. The van der Waals surface area contributed by atoms with Gasteiger partial charge in [0.15, 0.2) is 5.69 Å². The zero-order chi connectivity index (χ0) is 34.5. The number of alkyl halides is 3. The molecule has 0 bridgehead atoms. The van der Waals surface area contributed by atoms with Gasteiger partial charge in [-0.05, 0) is 43.7 Å². The van der Waals surface area contributed by atoms with Gasteiger partial charge in [-0.1, -0.05) is 43.7 Å². The molecule has 18 heteroatoms. The van der Waals surface area contributed by atoms with E-state index < -0.39 is 40.2 Å². The molecule has 47 heavy (non-hydrogen) atoms. The number of carbonyl (C=O) groups excluding carboxylic acids is 2. The van der Waals surface area contributed by atoms with Crippen LogP contribution >= 0.6 is 0 Å². The summed E-state index contributed by atoms with van der Waals surface area (Å²) in [6, 6.07) is 12.4. The maximum Gasteiger partial charge on any atom is 0.435 e. The van der Waals surface area contributed by atoms with Crippen molar-refractivity contribution in [2.45, 2.75) is 51.5 Å². The summed E-state index contributed by atoms with van der Waals surface area (Å²) in [7, 11) is -4.41. The van der Waals surface area contributed by atoms with Gasteiger partial charge in [0, 0.05) is 18.4 Å². The van der Waals surface area contributed by atoms with E-state index in [0.717, 1.165) is 28.4 Å². The van der Waals surface area contributed by atoms with Gasteiger partial charge in [0.2, 0.25) is 5.28 Å². The molecule has 0 aliphatic carbocycles. The van der Waals surface area contributed by atoms with Crippen molar-refractivity contribution in [3.05, 3.63) is 71.1 Å². The minimum atomic E-state index is -4.71. The van der Waals surface area contributed by atoms with Gasteiger partial charge in [0.1, 0.15) is 0 Å². The second-order valence-electron chi connectivity index (χ2n) is 11.1. The number of rotatable bonds is 11. The summed E-state index contributed by atoms with van der Waals surface area (Å²) in [4.78, 5) is 28.6. The molecule has 254 valence electrons. The van der Waals surface area contributed by atoms with Crippen molar-refractivity contribution < 1.29 is 50.5 Å². The first-order valence-corrected chi connectivity index (χ1v) is 15.9. The van der Waals surface area contributed by atoms with E-state index in [0.29, 0.717) is 12.0 Å². The Hall–Kier alpha value is -4.87. The number of nitrogens with zero attached hydrogens (tertiary/aromatic N) is 5. The molecule has 2 aromatic carbocycles. The van der Waals surface area contributed by atoms with Crippen LogP contribution in [0.5, 0.6) is 0 Å².